The minimum atomic E-state index is -1.12. The van der Waals surface area contributed by atoms with Gasteiger partial charge in [0, 0.05) is 7.11 Å². The first-order valence-corrected chi connectivity index (χ1v) is 2.26. The lowest BCUT2D eigenvalue weighted by Crippen LogP contribution is -2.25. The molecule has 1 amide bonds. The smallest absolute Gasteiger partial charge is 0.411 e. The minimum Gasteiger partial charge on any atom is -0.418 e. The number of hydrogen-bond acceptors (Lipinski definition) is 3. The summed E-state index contributed by atoms with van der Waals surface area (Å²) in [7, 11) is 1.40. The van der Waals surface area contributed by atoms with Gasteiger partial charge in [-0.15, -0.1) is 0 Å². The van der Waals surface area contributed by atoms with E-state index >= 15 is 0 Å². The molecule has 0 bridgehead atoms. The Bertz CT molecular complexity index is 87.9. The van der Waals surface area contributed by atoms with E-state index in [1.807, 2.05) is 0 Å². The lowest BCUT2D eigenvalue weighted by Gasteiger charge is -2.00. The van der Waals surface area contributed by atoms with Gasteiger partial charge in [0.05, 0.1) is 0 Å². The van der Waals surface area contributed by atoms with Gasteiger partial charge in [0.15, 0.2) is 0 Å². The highest BCUT2D eigenvalue weighted by Crippen LogP contribution is 1.75. The number of rotatable bonds is 3. The molecule has 0 spiro atoms. The number of nitrogens with one attached hydrogen (secondary N) is 1. The van der Waals surface area contributed by atoms with Crippen LogP contribution in [0, 0.1) is 0 Å². The summed E-state index contributed by atoms with van der Waals surface area (Å²) in [6, 6.07) is 0. The number of alkyl halides is 1. The van der Waals surface area contributed by atoms with Crippen LogP contribution in [0.3, 0.4) is 0 Å². The third-order valence-corrected chi connectivity index (χ3v) is 0.546. The summed E-state index contributed by atoms with van der Waals surface area (Å²) < 4.78 is 19.4. The van der Waals surface area contributed by atoms with E-state index in [-0.39, 0.29) is 6.73 Å². The second-order valence-electron chi connectivity index (χ2n) is 1.15. The number of hydrogen-bond donors (Lipinski definition) is 1. The predicted molar refractivity (Wildman–Crippen MR) is 27.5 cm³/mol. The molecule has 54 valence electrons. The van der Waals surface area contributed by atoms with Crippen molar-refractivity contribution in [1.82, 2.24) is 5.32 Å². The summed E-state index contributed by atoms with van der Waals surface area (Å²) >= 11 is 0. The normalized spacial score (nSPS) is 8.67. The molecule has 0 aromatic rings. The second kappa shape index (κ2) is 5.30. The lowest BCUT2D eigenvalue weighted by molar-refractivity contribution is 0.0845. The van der Waals surface area contributed by atoms with E-state index in [4.69, 9.17) is 0 Å². The molecule has 0 heterocycles. The molecule has 0 aliphatic heterocycles. The number of methoxy groups -OCH3 is 1. The van der Waals surface area contributed by atoms with Gasteiger partial charge in [-0.3, -0.25) is 5.32 Å². The van der Waals surface area contributed by atoms with Crippen LogP contribution in [0.4, 0.5) is 9.18 Å². The molecule has 0 fully saturated rings. The van der Waals surface area contributed by atoms with Gasteiger partial charge < -0.3 is 9.47 Å². The molecule has 0 rings (SSSR count). The Morgan fingerprint density at radius 3 is 2.89 bits per heavy atom. The van der Waals surface area contributed by atoms with Gasteiger partial charge in [-0.05, 0) is 0 Å². The van der Waals surface area contributed by atoms with Crippen LogP contribution in [-0.4, -0.2) is 26.8 Å². The summed E-state index contributed by atoms with van der Waals surface area (Å²) in [6.45, 7) is -1.09. The largest absolute Gasteiger partial charge is 0.418 e. The first-order chi connectivity index (χ1) is 4.31. The van der Waals surface area contributed by atoms with E-state index in [0.717, 1.165) is 0 Å². The Morgan fingerprint density at radius 1 is 1.78 bits per heavy atom. The molecular formula is C4H8FNO3. The highest BCUT2D eigenvalue weighted by molar-refractivity contribution is 5.66. The highest BCUT2D eigenvalue weighted by atomic mass is 19.1. The monoisotopic (exact) mass is 137 g/mol. The Kier molecular flexibility index (Phi) is 4.81. The summed E-state index contributed by atoms with van der Waals surface area (Å²) in [5.74, 6) is 0. The van der Waals surface area contributed by atoms with E-state index in [2.05, 4.69) is 14.8 Å². The SMILES string of the molecule is COCNC(=O)OCF. The van der Waals surface area contributed by atoms with Crippen LogP contribution in [0.2, 0.25) is 0 Å². The molecule has 0 saturated heterocycles. The van der Waals surface area contributed by atoms with Crippen LogP contribution in [0.25, 0.3) is 0 Å². The van der Waals surface area contributed by atoms with E-state index in [0.29, 0.717) is 0 Å². The Labute approximate surface area is 51.9 Å². The maximum absolute atomic E-state index is 11.1. The van der Waals surface area contributed by atoms with Gasteiger partial charge in [-0.1, -0.05) is 0 Å². The summed E-state index contributed by atoms with van der Waals surface area (Å²) in [6.07, 6.45) is -0.820. The Morgan fingerprint density at radius 2 is 2.44 bits per heavy atom. The first kappa shape index (κ1) is 8.16. The molecule has 0 radical (unpaired) electrons. The molecule has 9 heavy (non-hydrogen) atoms. The van der Waals surface area contributed by atoms with Gasteiger partial charge >= 0.3 is 6.09 Å². The highest BCUT2D eigenvalue weighted by Gasteiger charge is 1.96. The molecule has 0 aromatic heterocycles. The zero-order chi connectivity index (χ0) is 7.11. The lowest BCUT2D eigenvalue weighted by atomic mass is 11.0. The van der Waals surface area contributed by atoms with Gasteiger partial charge in [0.25, 0.3) is 0 Å². The van der Waals surface area contributed by atoms with Crippen molar-refractivity contribution in [2.75, 3.05) is 20.7 Å². The van der Waals surface area contributed by atoms with E-state index in [9.17, 15) is 9.18 Å². The fourth-order valence-corrected chi connectivity index (χ4v) is 0.232. The molecule has 0 aromatic carbocycles. The van der Waals surface area contributed by atoms with Gasteiger partial charge in [0.1, 0.15) is 6.73 Å². The molecule has 1 N–H and O–H groups in total. The van der Waals surface area contributed by atoms with Crippen molar-refractivity contribution in [1.29, 1.82) is 0 Å². The van der Waals surface area contributed by atoms with E-state index in [1.54, 1.807) is 0 Å². The topological polar surface area (TPSA) is 47.6 Å². The summed E-state index contributed by atoms with van der Waals surface area (Å²) in [4.78, 5) is 10.1. The quantitative estimate of drug-likeness (QED) is 0.567. The number of carbonyl (C=O) groups excluding carboxylic acids is 1. The number of halogens is 1. The number of carbonyl (C=O) groups is 1. The van der Waals surface area contributed by atoms with Crippen LogP contribution in [0.15, 0.2) is 0 Å². The maximum Gasteiger partial charge on any atom is 0.411 e. The predicted octanol–water partition coefficient (Wildman–Crippen LogP) is 0.243. The molecule has 0 aliphatic rings. The van der Waals surface area contributed by atoms with Crippen molar-refractivity contribution in [2.45, 2.75) is 0 Å². The Balaban J connectivity index is 3.06. The van der Waals surface area contributed by atoms with E-state index < -0.39 is 13.0 Å². The van der Waals surface area contributed by atoms with Crippen molar-refractivity contribution in [3.8, 4) is 0 Å². The van der Waals surface area contributed by atoms with Crippen molar-refractivity contribution in [3.63, 3.8) is 0 Å². The van der Waals surface area contributed by atoms with Gasteiger partial charge in [-0.25, -0.2) is 9.18 Å². The van der Waals surface area contributed by atoms with Crippen LogP contribution < -0.4 is 5.32 Å². The first-order valence-electron chi connectivity index (χ1n) is 2.26. The zero-order valence-corrected chi connectivity index (χ0v) is 5.02. The standard InChI is InChI=1S/C4H8FNO3/c1-8-3-6-4(7)9-2-5/h2-3H2,1H3,(H,6,7). The average Bonchev–Trinajstić information content (AvgIpc) is 1.85. The van der Waals surface area contributed by atoms with Crippen LogP contribution in [0.5, 0.6) is 0 Å². The van der Waals surface area contributed by atoms with Crippen molar-refractivity contribution in [2.24, 2.45) is 0 Å². The fraction of sp³-hybridized carbons (Fsp3) is 0.750. The molecule has 4 nitrogen and oxygen atoms in total. The van der Waals surface area contributed by atoms with Crippen LogP contribution in [0.1, 0.15) is 0 Å². The second-order valence-corrected chi connectivity index (χ2v) is 1.15. The van der Waals surface area contributed by atoms with Crippen molar-refractivity contribution >= 4 is 6.09 Å². The average molecular weight is 137 g/mol. The minimum absolute atomic E-state index is 0.0266. The number of alkyl carbamates (subject to hydrolysis) is 1. The zero-order valence-electron chi connectivity index (χ0n) is 5.02. The third-order valence-electron chi connectivity index (χ3n) is 0.546. The van der Waals surface area contributed by atoms with E-state index in [1.165, 1.54) is 7.11 Å². The fourth-order valence-electron chi connectivity index (χ4n) is 0.232. The molecule has 0 saturated carbocycles. The van der Waals surface area contributed by atoms with Gasteiger partial charge in [0.2, 0.25) is 6.86 Å². The summed E-state index contributed by atoms with van der Waals surface area (Å²) in [5.41, 5.74) is 0. The van der Waals surface area contributed by atoms with Crippen molar-refractivity contribution in [3.05, 3.63) is 0 Å². The van der Waals surface area contributed by atoms with Crippen LogP contribution in [-0.2, 0) is 9.47 Å². The third kappa shape index (κ3) is 5.02. The molecule has 0 aliphatic carbocycles. The molecule has 0 atom stereocenters. The molecule has 5 heteroatoms. The Hall–Kier alpha value is -0.840. The number of ether oxygens (including phenoxy) is 2. The summed E-state index contributed by atoms with van der Waals surface area (Å²) in [5, 5.41) is 2.11. The number of amides is 1. The van der Waals surface area contributed by atoms with Crippen LogP contribution >= 0.6 is 0 Å². The maximum atomic E-state index is 11.1. The molecule has 0 unspecified atom stereocenters. The van der Waals surface area contributed by atoms with Crippen molar-refractivity contribution < 1.29 is 18.7 Å². The van der Waals surface area contributed by atoms with Gasteiger partial charge in [-0.2, -0.15) is 0 Å². The molecular weight excluding hydrogens is 129 g/mol.